The quantitative estimate of drug-likeness (QED) is 0.549. The molecule has 0 radical (unpaired) electrons. The van der Waals surface area contributed by atoms with Gasteiger partial charge in [0.1, 0.15) is 0 Å². The van der Waals surface area contributed by atoms with Crippen LogP contribution >= 0.6 is 11.8 Å². The van der Waals surface area contributed by atoms with Crippen molar-refractivity contribution < 1.29 is 0 Å². The summed E-state index contributed by atoms with van der Waals surface area (Å²) in [4.78, 5) is 1.35. The third-order valence-electron chi connectivity index (χ3n) is 6.45. The summed E-state index contributed by atoms with van der Waals surface area (Å²) in [6.07, 6.45) is 6.05. The average Bonchev–Trinajstić information content (AvgIpc) is 2.71. The summed E-state index contributed by atoms with van der Waals surface area (Å²) in [6.45, 7) is 8.74. The number of rotatable bonds is 4. The molecule has 0 aromatic heterocycles. The van der Waals surface area contributed by atoms with E-state index in [1.54, 1.807) is 11.1 Å². The van der Waals surface area contributed by atoms with E-state index in [1.165, 1.54) is 58.7 Å². The molecule has 0 amide bonds. The predicted octanol–water partition coefficient (Wildman–Crippen LogP) is 6.82. The van der Waals surface area contributed by atoms with Crippen molar-refractivity contribution in [1.29, 1.82) is 0 Å². The summed E-state index contributed by atoms with van der Waals surface area (Å²) in [6, 6.07) is 11.5. The van der Waals surface area contributed by atoms with Gasteiger partial charge in [0.25, 0.3) is 0 Å². The third kappa shape index (κ3) is 4.11. The molecule has 0 saturated carbocycles. The lowest BCUT2D eigenvalue weighted by molar-refractivity contribution is 0.540. The number of nitrogen functional groups attached to an aromatic ring is 1. The van der Waals surface area contributed by atoms with Gasteiger partial charge in [0.05, 0.1) is 0 Å². The molecule has 152 valence electrons. The highest BCUT2D eigenvalue weighted by molar-refractivity contribution is 8.11. The summed E-state index contributed by atoms with van der Waals surface area (Å²) < 4.78 is 0. The first kappa shape index (κ1) is 20.2. The minimum Gasteiger partial charge on any atom is -0.399 e. The number of nitrogens with one attached hydrogen (secondary N) is 1. The predicted molar refractivity (Wildman–Crippen MR) is 128 cm³/mol. The van der Waals surface area contributed by atoms with E-state index in [0.717, 1.165) is 23.6 Å². The lowest BCUT2D eigenvalue weighted by Gasteiger charge is -2.26. The van der Waals surface area contributed by atoms with Crippen molar-refractivity contribution >= 4 is 22.4 Å². The van der Waals surface area contributed by atoms with Crippen molar-refractivity contribution in [1.82, 2.24) is 5.32 Å². The SMILES string of the molecule is CCC1CCCc2cc(C3=C(C)NC(Cc4cc(C)c(N)cc4C)=CS3)ccc21. The largest absolute Gasteiger partial charge is 0.399 e. The van der Waals surface area contributed by atoms with Gasteiger partial charge >= 0.3 is 0 Å². The Kier molecular flexibility index (Phi) is 5.78. The standard InChI is InChI=1S/C26H32N2S/c1-5-19-7-6-8-20-13-21(9-10-24(19)20)26-18(4)28-23(15-29-26)14-22-11-17(3)25(27)12-16(22)2/h9-13,15,19,28H,5-8,14,27H2,1-4H3. The molecule has 0 spiro atoms. The lowest BCUT2D eigenvalue weighted by atomic mass is 9.81. The minimum absolute atomic E-state index is 0.748. The molecule has 1 atom stereocenters. The van der Waals surface area contributed by atoms with Crippen LogP contribution in [-0.2, 0) is 12.8 Å². The van der Waals surface area contributed by atoms with E-state index in [2.05, 4.69) is 68.8 Å². The average molecular weight is 405 g/mol. The van der Waals surface area contributed by atoms with Crippen LogP contribution in [0.15, 0.2) is 47.1 Å². The highest BCUT2D eigenvalue weighted by Gasteiger charge is 2.21. The van der Waals surface area contributed by atoms with E-state index < -0.39 is 0 Å². The molecule has 2 aliphatic rings. The van der Waals surface area contributed by atoms with Gasteiger partial charge in [-0.05, 0) is 97.2 Å². The highest BCUT2D eigenvalue weighted by atomic mass is 32.2. The second kappa shape index (κ2) is 8.31. The van der Waals surface area contributed by atoms with Crippen LogP contribution in [0, 0.1) is 13.8 Å². The van der Waals surface area contributed by atoms with Gasteiger partial charge in [-0.1, -0.05) is 43.0 Å². The molecule has 2 nitrogen and oxygen atoms in total. The molecule has 2 aromatic rings. The Hall–Kier alpha value is -2.13. The molecule has 4 rings (SSSR count). The second-order valence-corrected chi connectivity index (χ2v) is 9.44. The number of thioether (sulfide) groups is 1. The second-order valence-electron chi connectivity index (χ2n) is 8.56. The van der Waals surface area contributed by atoms with Crippen LogP contribution in [0.25, 0.3) is 4.91 Å². The number of aryl methyl sites for hydroxylation is 3. The number of hydrogen-bond donors (Lipinski definition) is 2. The first-order chi connectivity index (χ1) is 14.0. The third-order valence-corrected chi connectivity index (χ3v) is 7.63. The fraction of sp³-hybridized carbons (Fsp3) is 0.385. The van der Waals surface area contributed by atoms with Crippen LogP contribution in [0.3, 0.4) is 0 Å². The van der Waals surface area contributed by atoms with Gasteiger partial charge < -0.3 is 11.1 Å². The van der Waals surface area contributed by atoms with Crippen LogP contribution in [0.2, 0.25) is 0 Å². The zero-order valence-electron chi connectivity index (χ0n) is 18.1. The molecule has 0 fully saturated rings. The van der Waals surface area contributed by atoms with Gasteiger partial charge in [-0.15, -0.1) is 0 Å². The van der Waals surface area contributed by atoms with E-state index >= 15 is 0 Å². The molecule has 0 saturated heterocycles. The number of anilines is 1. The van der Waals surface area contributed by atoms with Crippen molar-refractivity contribution in [3.05, 3.63) is 80.5 Å². The number of nitrogens with two attached hydrogens (primary N) is 1. The molecule has 1 aliphatic carbocycles. The van der Waals surface area contributed by atoms with Crippen molar-refractivity contribution in [2.45, 2.75) is 65.7 Å². The van der Waals surface area contributed by atoms with Crippen LogP contribution in [0.1, 0.15) is 72.4 Å². The molecule has 1 unspecified atom stereocenters. The van der Waals surface area contributed by atoms with Gasteiger partial charge in [0.15, 0.2) is 0 Å². The zero-order chi connectivity index (χ0) is 20.5. The Labute approximate surface area is 179 Å². The van der Waals surface area contributed by atoms with Crippen molar-refractivity contribution in [2.75, 3.05) is 5.73 Å². The first-order valence-corrected chi connectivity index (χ1v) is 11.7. The van der Waals surface area contributed by atoms with Crippen LogP contribution in [0.5, 0.6) is 0 Å². The molecule has 0 bridgehead atoms. The van der Waals surface area contributed by atoms with Crippen molar-refractivity contribution in [3.8, 4) is 0 Å². The Bertz CT molecular complexity index is 1000. The topological polar surface area (TPSA) is 38.0 Å². The Morgan fingerprint density at radius 3 is 2.69 bits per heavy atom. The van der Waals surface area contributed by atoms with E-state index in [0.29, 0.717) is 0 Å². The first-order valence-electron chi connectivity index (χ1n) is 10.8. The van der Waals surface area contributed by atoms with Crippen LogP contribution < -0.4 is 11.1 Å². The van der Waals surface area contributed by atoms with E-state index in [4.69, 9.17) is 5.73 Å². The summed E-state index contributed by atoms with van der Waals surface area (Å²) in [5.74, 6) is 0.748. The smallest absolute Gasteiger partial charge is 0.0379 e. The maximum absolute atomic E-state index is 6.05. The van der Waals surface area contributed by atoms with Gasteiger partial charge in [-0.25, -0.2) is 0 Å². The van der Waals surface area contributed by atoms with Crippen molar-refractivity contribution in [3.63, 3.8) is 0 Å². The number of fused-ring (bicyclic) bond motifs is 1. The molecule has 2 aromatic carbocycles. The molecule has 3 N–H and O–H groups in total. The van der Waals surface area contributed by atoms with Gasteiger partial charge in [-0.2, -0.15) is 0 Å². The molecule has 3 heteroatoms. The number of hydrogen-bond acceptors (Lipinski definition) is 3. The van der Waals surface area contributed by atoms with E-state index in [1.807, 2.05) is 11.8 Å². The Morgan fingerprint density at radius 2 is 1.93 bits per heavy atom. The van der Waals surface area contributed by atoms with E-state index in [9.17, 15) is 0 Å². The summed E-state index contributed by atoms with van der Waals surface area (Å²) in [7, 11) is 0. The Balaban J connectivity index is 1.53. The molecule has 29 heavy (non-hydrogen) atoms. The molecular formula is C26H32N2S. The van der Waals surface area contributed by atoms with Crippen LogP contribution in [-0.4, -0.2) is 0 Å². The van der Waals surface area contributed by atoms with Gasteiger partial charge in [0, 0.05) is 28.4 Å². The number of allylic oxidation sites excluding steroid dienone is 2. The zero-order valence-corrected chi connectivity index (χ0v) is 18.9. The number of benzene rings is 2. The minimum atomic E-state index is 0.748. The molecule has 1 aliphatic heterocycles. The monoisotopic (exact) mass is 404 g/mol. The summed E-state index contributed by atoms with van der Waals surface area (Å²) in [5.41, 5.74) is 17.7. The molecular weight excluding hydrogens is 372 g/mol. The van der Waals surface area contributed by atoms with Gasteiger partial charge in [0.2, 0.25) is 0 Å². The highest BCUT2D eigenvalue weighted by Crippen LogP contribution is 2.40. The van der Waals surface area contributed by atoms with E-state index in [-0.39, 0.29) is 0 Å². The fourth-order valence-electron chi connectivity index (χ4n) is 4.69. The van der Waals surface area contributed by atoms with Crippen LogP contribution in [0.4, 0.5) is 5.69 Å². The van der Waals surface area contributed by atoms with Crippen molar-refractivity contribution in [2.24, 2.45) is 0 Å². The summed E-state index contributed by atoms with van der Waals surface area (Å²) >= 11 is 1.85. The maximum Gasteiger partial charge on any atom is 0.0379 e. The van der Waals surface area contributed by atoms with Gasteiger partial charge in [-0.3, -0.25) is 0 Å². The maximum atomic E-state index is 6.05. The summed E-state index contributed by atoms with van der Waals surface area (Å²) in [5, 5.41) is 5.94. The fourth-order valence-corrected chi connectivity index (χ4v) is 5.58. The normalized spacial score (nSPS) is 18.9. The lowest BCUT2D eigenvalue weighted by Crippen LogP contribution is -2.17. The Morgan fingerprint density at radius 1 is 1.10 bits per heavy atom. The molecule has 1 heterocycles.